The zero-order chi connectivity index (χ0) is 14.7. The molecule has 0 saturated heterocycles. The Bertz CT molecular complexity index is 408. The van der Waals surface area contributed by atoms with Crippen LogP contribution in [0.4, 0.5) is 0 Å². The van der Waals surface area contributed by atoms with E-state index in [2.05, 4.69) is 6.92 Å². The molecule has 4 saturated carbocycles. The molecule has 0 aromatic carbocycles. The van der Waals surface area contributed by atoms with E-state index in [1.807, 2.05) is 0 Å². The first kappa shape index (κ1) is 14.5. The number of rotatable bonds is 0. The average Bonchev–Trinajstić information content (AvgIpc) is 2.78. The van der Waals surface area contributed by atoms with Gasteiger partial charge in [-0.1, -0.05) is 13.3 Å². The first-order valence-corrected chi connectivity index (χ1v) is 9.42. The lowest BCUT2D eigenvalue weighted by atomic mass is 9.56. The van der Waals surface area contributed by atoms with E-state index in [0.29, 0.717) is 23.2 Å². The Morgan fingerprint density at radius 2 is 1.71 bits per heavy atom. The molecule has 6 unspecified atom stereocenters. The van der Waals surface area contributed by atoms with Gasteiger partial charge >= 0.3 is 0 Å². The molecular formula is C19H32O2. The van der Waals surface area contributed by atoms with Crippen LogP contribution in [-0.4, -0.2) is 21.9 Å². The molecule has 4 aliphatic rings. The second-order valence-corrected chi connectivity index (χ2v) is 9.09. The second-order valence-electron chi connectivity index (χ2n) is 9.09. The lowest BCUT2D eigenvalue weighted by Gasteiger charge is -2.52. The van der Waals surface area contributed by atoms with E-state index >= 15 is 0 Å². The van der Waals surface area contributed by atoms with Crippen molar-refractivity contribution in [2.24, 2.45) is 29.1 Å². The summed E-state index contributed by atoms with van der Waals surface area (Å²) in [6.45, 7) is 2.44. The van der Waals surface area contributed by atoms with Crippen LogP contribution in [0, 0.1) is 29.1 Å². The van der Waals surface area contributed by atoms with Crippen molar-refractivity contribution in [3.05, 3.63) is 0 Å². The summed E-state index contributed by atoms with van der Waals surface area (Å²) in [6.07, 6.45) is 13.0. The molecule has 2 heteroatoms. The monoisotopic (exact) mass is 292 g/mol. The lowest BCUT2D eigenvalue weighted by molar-refractivity contribution is -0.140. The summed E-state index contributed by atoms with van der Waals surface area (Å²) in [7, 11) is 0. The summed E-state index contributed by atoms with van der Waals surface area (Å²) < 4.78 is 0. The normalized spacial score (nSPS) is 57.0. The molecule has 2 nitrogen and oxygen atoms in total. The largest absolute Gasteiger partial charge is 0.393 e. The van der Waals surface area contributed by atoms with Crippen LogP contribution < -0.4 is 0 Å². The topological polar surface area (TPSA) is 40.5 Å². The fourth-order valence-electron chi connectivity index (χ4n) is 6.88. The quantitative estimate of drug-likeness (QED) is 0.711. The van der Waals surface area contributed by atoms with Gasteiger partial charge in [-0.05, 0) is 93.3 Å². The molecule has 0 aromatic rings. The molecule has 0 spiro atoms. The van der Waals surface area contributed by atoms with Crippen LogP contribution in [0.5, 0.6) is 0 Å². The van der Waals surface area contributed by atoms with Crippen LogP contribution in [0.25, 0.3) is 0 Å². The van der Waals surface area contributed by atoms with Gasteiger partial charge in [0, 0.05) is 0 Å². The highest BCUT2D eigenvalue weighted by Crippen LogP contribution is 2.61. The molecule has 0 amide bonds. The molecule has 0 aliphatic heterocycles. The fourth-order valence-corrected chi connectivity index (χ4v) is 6.88. The molecule has 7 atom stereocenters. The SMILES string of the molecule is CC12CCCC1[C@@]1(O)CCC3CCC(O)CC3CC1CC2. The van der Waals surface area contributed by atoms with Gasteiger partial charge in [-0.2, -0.15) is 0 Å². The molecule has 0 aromatic heterocycles. The molecule has 120 valence electrons. The summed E-state index contributed by atoms with van der Waals surface area (Å²) in [5.74, 6) is 2.51. The molecule has 4 fully saturated rings. The van der Waals surface area contributed by atoms with Crippen LogP contribution in [0.3, 0.4) is 0 Å². The van der Waals surface area contributed by atoms with E-state index in [1.165, 1.54) is 51.4 Å². The van der Waals surface area contributed by atoms with Gasteiger partial charge in [0.25, 0.3) is 0 Å². The zero-order valence-corrected chi connectivity index (χ0v) is 13.6. The molecule has 21 heavy (non-hydrogen) atoms. The third-order valence-corrected chi connectivity index (χ3v) is 8.07. The van der Waals surface area contributed by atoms with Crippen molar-refractivity contribution in [1.82, 2.24) is 0 Å². The molecule has 4 rings (SSSR count). The number of hydrogen-bond donors (Lipinski definition) is 2. The third-order valence-electron chi connectivity index (χ3n) is 8.07. The maximum absolute atomic E-state index is 11.7. The van der Waals surface area contributed by atoms with Crippen LogP contribution >= 0.6 is 0 Å². The van der Waals surface area contributed by atoms with E-state index in [-0.39, 0.29) is 11.7 Å². The summed E-state index contributed by atoms with van der Waals surface area (Å²) in [5, 5.41) is 21.7. The molecule has 0 bridgehead atoms. The smallest absolute Gasteiger partial charge is 0.0709 e. The van der Waals surface area contributed by atoms with Crippen molar-refractivity contribution in [2.75, 3.05) is 0 Å². The van der Waals surface area contributed by atoms with Crippen LogP contribution in [0.1, 0.15) is 77.6 Å². The molecular weight excluding hydrogens is 260 g/mol. The Labute approximate surface area is 129 Å². The van der Waals surface area contributed by atoms with Crippen LogP contribution in [0.2, 0.25) is 0 Å². The van der Waals surface area contributed by atoms with E-state index in [9.17, 15) is 10.2 Å². The standard InChI is InChI=1S/C19H32O2/c1-18-8-2-3-17(18)19(21)10-6-13-4-5-16(20)12-14(13)11-15(19)7-9-18/h13-17,20-21H,2-12H2,1H3/t13?,14?,15?,16?,17?,18?,19-/m1/s1. The first-order chi connectivity index (χ1) is 10.0. The summed E-state index contributed by atoms with van der Waals surface area (Å²) in [4.78, 5) is 0. The molecule has 0 heterocycles. The highest BCUT2D eigenvalue weighted by molar-refractivity contribution is 5.08. The number of hydrogen-bond acceptors (Lipinski definition) is 2. The minimum Gasteiger partial charge on any atom is -0.393 e. The van der Waals surface area contributed by atoms with Crippen molar-refractivity contribution in [2.45, 2.75) is 89.3 Å². The number of fused-ring (bicyclic) bond motifs is 4. The Kier molecular flexibility index (Phi) is 3.43. The maximum Gasteiger partial charge on any atom is 0.0709 e. The number of aliphatic hydroxyl groups excluding tert-OH is 1. The van der Waals surface area contributed by atoms with E-state index in [1.54, 1.807) is 0 Å². The molecule has 2 N–H and O–H groups in total. The third kappa shape index (κ3) is 2.20. The van der Waals surface area contributed by atoms with E-state index in [4.69, 9.17) is 0 Å². The van der Waals surface area contributed by atoms with E-state index in [0.717, 1.165) is 25.2 Å². The van der Waals surface area contributed by atoms with Gasteiger partial charge in [-0.25, -0.2) is 0 Å². The van der Waals surface area contributed by atoms with Gasteiger partial charge < -0.3 is 10.2 Å². The van der Waals surface area contributed by atoms with Crippen molar-refractivity contribution < 1.29 is 10.2 Å². The Morgan fingerprint density at radius 3 is 2.57 bits per heavy atom. The van der Waals surface area contributed by atoms with Crippen LogP contribution in [0.15, 0.2) is 0 Å². The Balaban J connectivity index is 1.61. The predicted octanol–water partition coefficient (Wildman–Crippen LogP) is 3.90. The second kappa shape index (κ2) is 4.96. The van der Waals surface area contributed by atoms with Gasteiger partial charge in [-0.15, -0.1) is 0 Å². The maximum atomic E-state index is 11.7. The van der Waals surface area contributed by atoms with Crippen LogP contribution in [-0.2, 0) is 0 Å². The Morgan fingerprint density at radius 1 is 0.857 bits per heavy atom. The Hall–Kier alpha value is -0.0800. The van der Waals surface area contributed by atoms with Gasteiger partial charge in [0.05, 0.1) is 11.7 Å². The summed E-state index contributed by atoms with van der Waals surface area (Å²) in [5.41, 5.74) is 0.0338. The van der Waals surface area contributed by atoms with Crippen molar-refractivity contribution in [3.8, 4) is 0 Å². The van der Waals surface area contributed by atoms with Crippen molar-refractivity contribution in [1.29, 1.82) is 0 Å². The highest BCUT2D eigenvalue weighted by atomic mass is 16.3. The van der Waals surface area contributed by atoms with E-state index < -0.39 is 0 Å². The molecule has 4 aliphatic carbocycles. The zero-order valence-electron chi connectivity index (χ0n) is 13.6. The van der Waals surface area contributed by atoms with Gasteiger partial charge in [0.1, 0.15) is 0 Å². The van der Waals surface area contributed by atoms with Gasteiger partial charge in [-0.3, -0.25) is 0 Å². The van der Waals surface area contributed by atoms with Crippen molar-refractivity contribution in [3.63, 3.8) is 0 Å². The summed E-state index contributed by atoms with van der Waals surface area (Å²) >= 11 is 0. The fraction of sp³-hybridized carbons (Fsp3) is 1.00. The highest BCUT2D eigenvalue weighted by Gasteiger charge is 2.58. The van der Waals surface area contributed by atoms with Crippen molar-refractivity contribution >= 4 is 0 Å². The first-order valence-electron chi connectivity index (χ1n) is 9.42. The van der Waals surface area contributed by atoms with Gasteiger partial charge in [0.2, 0.25) is 0 Å². The lowest BCUT2D eigenvalue weighted by Crippen LogP contribution is -2.53. The predicted molar refractivity (Wildman–Crippen MR) is 83.8 cm³/mol. The minimum atomic E-state index is -0.383. The average molecular weight is 292 g/mol. The number of aliphatic hydroxyl groups is 2. The summed E-state index contributed by atoms with van der Waals surface area (Å²) in [6, 6.07) is 0. The van der Waals surface area contributed by atoms with Gasteiger partial charge in [0.15, 0.2) is 0 Å². The molecule has 0 radical (unpaired) electrons. The minimum absolute atomic E-state index is 0.0715.